The maximum absolute atomic E-state index is 11.0. The van der Waals surface area contributed by atoms with Crippen LogP contribution >= 0.6 is 0 Å². The van der Waals surface area contributed by atoms with Crippen LogP contribution in [0.1, 0.15) is 10.5 Å². The summed E-state index contributed by atoms with van der Waals surface area (Å²) in [5.74, 6) is 0. The lowest BCUT2D eigenvalue weighted by Crippen LogP contribution is -2.44. The predicted molar refractivity (Wildman–Crippen MR) is 94.0 cm³/mol. The quantitative estimate of drug-likeness (QED) is 0.691. The van der Waals surface area contributed by atoms with E-state index in [0.717, 1.165) is 49.2 Å². The lowest BCUT2D eigenvalue weighted by Gasteiger charge is -2.34. The van der Waals surface area contributed by atoms with E-state index >= 15 is 0 Å². The van der Waals surface area contributed by atoms with E-state index in [1.165, 1.54) is 5.69 Å². The Hall–Kier alpha value is -2.73. The van der Waals surface area contributed by atoms with Crippen molar-refractivity contribution >= 4 is 23.0 Å². The van der Waals surface area contributed by atoms with E-state index in [0.29, 0.717) is 5.69 Å². The molecule has 0 bridgehead atoms. The molecule has 24 heavy (non-hydrogen) atoms. The molecular formula is C18H19N5O. The molecule has 0 N–H and O–H groups in total. The summed E-state index contributed by atoms with van der Waals surface area (Å²) in [4.78, 5) is 24.1. The Morgan fingerprint density at radius 3 is 2.42 bits per heavy atom. The minimum absolute atomic E-state index is 0.415. The van der Waals surface area contributed by atoms with Gasteiger partial charge in [-0.3, -0.25) is 14.3 Å². The van der Waals surface area contributed by atoms with E-state index in [1.54, 1.807) is 18.6 Å². The van der Waals surface area contributed by atoms with Crippen LogP contribution < -0.4 is 4.90 Å². The van der Waals surface area contributed by atoms with Gasteiger partial charge in [-0.1, -0.05) is 0 Å². The number of imidazole rings is 1. The van der Waals surface area contributed by atoms with Crippen molar-refractivity contribution in [1.82, 2.24) is 19.4 Å². The Morgan fingerprint density at radius 1 is 1.00 bits per heavy atom. The summed E-state index contributed by atoms with van der Waals surface area (Å²) in [6.45, 7) is 4.29. The minimum Gasteiger partial charge on any atom is -0.369 e. The monoisotopic (exact) mass is 321 g/mol. The van der Waals surface area contributed by atoms with Gasteiger partial charge in [0.15, 0.2) is 6.29 Å². The number of aldehydes is 1. The maximum Gasteiger partial charge on any atom is 0.168 e. The number of fused-ring (bicyclic) bond motifs is 1. The largest absolute Gasteiger partial charge is 0.369 e. The van der Waals surface area contributed by atoms with Gasteiger partial charge in [0.25, 0.3) is 0 Å². The number of carbonyl (C=O) groups is 1. The van der Waals surface area contributed by atoms with Crippen LogP contribution in [0.4, 0.5) is 5.69 Å². The van der Waals surface area contributed by atoms with Crippen LogP contribution in [-0.4, -0.2) is 58.9 Å². The highest BCUT2D eigenvalue weighted by molar-refractivity contribution is 5.83. The van der Waals surface area contributed by atoms with Crippen LogP contribution in [0.2, 0.25) is 0 Å². The number of piperazine rings is 1. The Labute approximate surface area is 140 Å². The first-order chi connectivity index (χ1) is 11.7. The lowest BCUT2D eigenvalue weighted by atomic mass is 10.2. The molecule has 1 aliphatic rings. The summed E-state index contributed by atoms with van der Waals surface area (Å²) in [6, 6.07) is 10.2. The molecule has 4 rings (SSSR count). The van der Waals surface area contributed by atoms with Crippen LogP contribution in [-0.2, 0) is 0 Å². The topological polar surface area (TPSA) is 54.3 Å². The van der Waals surface area contributed by atoms with Crippen molar-refractivity contribution in [3.63, 3.8) is 0 Å². The number of rotatable bonds is 3. The number of hydrogen-bond acceptors (Lipinski definition) is 5. The zero-order chi connectivity index (χ0) is 16.5. The molecule has 6 heteroatoms. The maximum atomic E-state index is 11.0. The Kier molecular flexibility index (Phi) is 3.74. The minimum atomic E-state index is 0.415. The van der Waals surface area contributed by atoms with Crippen LogP contribution in [0.15, 0.2) is 42.9 Å². The Morgan fingerprint density at radius 2 is 1.71 bits per heavy atom. The summed E-state index contributed by atoms with van der Waals surface area (Å²) in [7, 11) is 2.16. The molecule has 122 valence electrons. The van der Waals surface area contributed by atoms with Gasteiger partial charge in [0.05, 0.1) is 11.7 Å². The third kappa shape index (κ3) is 2.65. The molecule has 0 radical (unpaired) electrons. The molecule has 0 saturated carbocycles. The zero-order valence-corrected chi connectivity index (χ0v) is 13.6. The third-order valence-corrected chi connectivity index (χ3v) is 4.57. The van der Waals surface area contributed by atoms with Crippen molar-refractivity contribution < 1.29 is 4.79 Å². The molecule has 1 saturated heterocycles. The molecular weight excluding hydrogens is 302 g/mol. The number of pyridine rings is 1. The first-order valence-corrected chi connectivity index (χ1v) is 8.07. The highest BCUT2D eigenvalue weighted by Crippen LogP contribution is 2.22. The molecule has 3 aromatic rings. The fourth-order valence-electron chi connectivity index (χ4n) is 3.09. The van der Waals surface area contributed by atoms with Gasteiger partial charge in [0.1, 0.15) is 17.5 Å². The normalized spacial score (nSPS) is 15.8. The number of likely N-dealkylation sites (N-methyl/N-ethyl adjacent to an activating group) is 1. The lowest BCUT2D eigenvalue weighted by molar-refractivity contribution is 0.111. The van der Waals surface area contributed by atoms with E-state index in [2.05, 4.69) is 51.1 Å². The summed E-state index contributed by atoms with van der Waals surface area (Å²) < 4.78 is 1.98. The van der Waals surface area contributed by atoms with E-state index in [1.807, 2.05) is 4.57 Å². The van der Waals surface area contributed by atoms with Gasteiger partial charge < -0.3 is 9.80 Å². The molecule has 6 nitrogen and oxygen atoms in total. The molecule has 0 aliphatic carbocycles. The van der Waals surface area contributed by atoms with E-state index in [4.69, 9.17) is 0 Å². The van der Waals surface area contributed by atoms with Gasteiger partial charge in [-0.15, -0.1) is 0 Å². The molecule has 1 fully saturated rings. The van der Waals surface area contributed by atoms with Crippen molar-refractivity contribution in [3.05, 3.63) is 48.5 Å². The van der Waals surface area contributed by atoms with E-state index in [-0.39, 0.29) is 0 Å². The van der Waals surface area contributed by atoms with Crippen LogP contribution in [0, 0.1) is 0 Å². The van der Waals surface area contributed by atoms with Gasteiger partial charge in [0, 0.05) is 37.6 Å². The number of carbonyl (C=O) groups excluding carboxylic acids is 1. The standard InChI is InChI=1S/C18H19N5O/c1-21-6-8-22(9-7-21)15-2-4-16(5-3-15)23-13-20-17-11-19-14(12-24)10-18(17)23/h2-5,10-13H,6-9H2,1H3. The highest BCUT2D eigenvalue weighted by Gasteiger charge is 2.14. The first-order valence-electron chi connectivity index (χ1n) is 8.07. The molecule has 0 amide bonds. The summed E-state index contributed by atoms with van der Waals surface area (Å²) in [5, 5.41) is 0. The number of hydrogen-bond donors (Lipinski definition) is 0. The van der Waals surface area contributed by atoms with Crippen molar-refractivity contribution in [3.8, 4) is 5.69 Å². The van der Waals surface area contributed by atoms with Crippen molar-refractivity contribution in [2.45, 2.75) is 0 Å². The Balaban J connectivity index is 1.64. The average molecular weight is 321 g/mol. The molecule has 1 aliphatic heterocycles. The van der Waals surface area contributed by atoms with E-state index in [9.17, 15) is 4.79 Å². The molecule has 2 aromatic heterocycles. The molecule has 0 atom stereocenters. The van der Waals surface area contributed by atoms with Gasteiger partial charge in [0.2, 0.25) is 0 Å². The van der Waals surface area contributed by atoms with Gasteiger partial charge in [-0.2, -0.15) is 0 Å². The second-order valence-corrected chi connectivity index (χ2v) is 6.14. The van der Waals surface area contributed by atoms with Crippen molar-refractivity contribution in [2.24, 2.45) is 0 Å². The summed E-state index contributed by atoms with van der Waals surface area (Å²) in [6.07, 6.45) is 4.16. The second-order valence-electron chi connectivity index (χ2n) is 6.14. The molecule has 0 unspecified atom stereocenters. The molecule has 0 spiro atoms. The van der Waals surface area contributed by atoms with Gasteiger partial charge in [-0.25, -0.2) is 4.98 Å². The smallest absolute Gasteiger partial charge is 0.168 e. The average Bonchev–Trinajstić information content (AvgIpc) is 3.05. The third-order valence-electron chi connectivity index (χ3n) is 4.57. The van der Waals surface area contributed by atoms with Gasteiger partial charge >= 0.3 is 0 Å². The number of benzene rings is 1. The number of nitrogens with zero attached hydrogens (tertiary/aromatic N) is 5. The number of anilines is 1. The first kappa shape index (κ1) is 14.8. The zero-order valence-electron chi connectivity index (χ0n) is 13.6. The molecule has 3 heterocycles. The van der Waals surface area contributed by atoms with Crippen LogP contribution in [0.25, 0.3) is 16.7 Å². The van der Waals surface area contributed by atoms with Crippen molar-refractivity contribution in [2.75, 3.05) is 38.1 Å². The van der Waals surface area contributed by atoms with E-state index < -0.39 is 0 Å². The number of aromatic nitrogens is 3. The fourth-order valence-corrected chi connectivity index (χ4v) is 3.09. The summed E-state index contributed by atoms with van der Waals surface area (Å²) in [5.41, 5.74) is 4.35. The predicted octanol–water partition coefficient (Wildman–Crippen LogP) is 1.98. The SMILES string of the molecule is CN1CCN(c2ccc(-n3cnc4cnc(C=O)cc43)cc2)CC1. The van der Waals surface area contributed by atoms with Gasteiger partial charge in [-0.05, 0) is 37.4 Å². The highest BCUT2D eigenvalue weighted by atomic mass is 16.1. The second kappa shape index (κ2) is 6.05. The van der Waals surface area contributed by atoms with Crippen molar-refractivity contribution in [1.29, 1.82) is 0 Å². The Bertz CT molecular complexity index is 863. The summed E-state index contributed by atoms with van der Waals surface area (Å²) >= 11 is 0. The fraction of sp³-hybridized carbons (Fsp3) is 0.278. The molecule has 1 aromatic carbocycles. The van der Waals surface area contributed by atoms with Crippen LogP contribution in [0.5, 0.6) is 0 Å². The van der Waals surface area contributed by atoms with Crippen LogP contribution in [0.3, 0.4) is 0 Å².